The van der Waals surface area contributed by atoms with Gasteiger partial charge in [0.15, 0.2) is 0 Å². The van der Waals surface area contributed by atoms with Gasteiger partial charge in [-0.3, -0.25) is 14.5 Å². The highest BCUT2D eigenvalue weighted by Crippen LogP contribution is 2.27. The van der Waals surface area contributed by atoms with Crippen molar-refractivity contribution in [3.63, 3.8) is 0 Å². The Morgan fingerprint density at radius 1 is 1.23 bits per heavy atom. The minimum Gasteiger partial charge on any atom is -0.374 e. The van der Waals surface area contributed by atoms with Crippen LogP contribution in [0.25, 0.3) is 0 Å². The summed E-state index contributed by atoms with van der Waals surface area (Å²) in [5, 5.41) is 5.75. The molecule has 158 valence electrons. The van der Waals surface area contributed by atoms with Gasteiger partial charge >= 0.3 is 0 Å². The van der Waals surface area contributed by atoms with Gasteiger partial charge in [0.05, 0.1) is 12.5 Å². The molecular formula is C23H27FN4O2. The lowest BCUT2D eigenvalue weighted by Gasteiger charge is -2.34. The number of carbonyl (C=O) groups excluding carboxylic acids is 2. The van der Waals surface area contributed by atoms with Crippen molar-refractivity contribution in [1.82, 2.24) is 15.5 Å². The molecule has 6 nitrogen and oxygen atoms in total. The van der Waals surface area contributed by atoms with E-state index in [0.717, 1.165) is 18.5 Å². The van der Waals surface area contributed by atoms with E-state index in [1.807, 2.05) is 11.0 Å². The van der Waals surface area contributed by atoms with E-state index in [1.54, 1.807) is 18.2 Å². The second-order valence-corrected chi connectivity index (χ2v) is 7.98. The van der Waals surface area contributed by atoms with Gasteiger partial charge in [0.2, 0.25) is 11.8 Å². The van der Waals surface area contributed by atoms with E-state index in [9.17, 15) is 14.0 Å². The highest BCUT2D eigenvalue weighted by Gasteiger charge is 2.32. The van der Waals surface area contributed by atoms with E-state index >= 15 is 0 Å². The molecule has 0 aliphatic carbocycles. The number of carbonyl (C=O) groups is 2. The van der Waals surface area contributed by atoms with Crippen molar-refractivity contribution in [1.29, 1.82) is 0 Å². The number of nitrogens with zero attached hydrogens (tertiary/aromatic N) is 2. The third-order valence-corrected chi connectivity index (χ3v) is 5.91. The summed E-state index contributed by atoms with van der Waals surface area (Å²) >= 11 is 0. The third-order valence-electron chi connectivity index (χ3n) is 5.91. The van der Waals surface area contributed by atoms with Crippen LogP contribution >= 0.6 is 0 Å². The van der Waals surface area contributed by atoms with Crippen molar-refractivity contribution >= 4 is 17.5 Å². The lowest BCUT2D eigenvalue weighted by Crippen LogP contribution is -2.56. The number of hydrogen-bond donors (Lipinski definition) is 2. The predicted molar refractivity (Wildman–Crippen MR) is 113 cm³/mol. The Kier molecular flexibility index (Phi) is 5.99. The van der Waals surface area contributed by atoms with Crippen LogP contribution in [0.3, 0.4) is 0 Å². The largest absolute Gasteiger partial charge is 0.374 e. The summed E-state index contributed by atoms with van der Waals surface area (Å²) in [6.45, 7) is 2.82. The van der Waals surface area contributed by atoms with E-state index in [2.05, 4.69) is 34.7 Å². The molecule has 0 bridgehead atoms. The highest BCUT2D eigenvalue weighted by atomic mass is 19.1. The average molecular weight is 410 g/mol. The number of fused-ring (bicyclic) bond motifs is 1. The fraction of sp³-hybridized carbons (Fsp3) is 0.391. The number of amides is 2. The molecule has 2 N–H and O–H groups in total. The van der Waals surface area contributed by atoms with Crippen LogP contribution in [0, 0.1) is 5.82 Å². The number of hydrogen-bond acceptors (Lipinski definition) is 4. The Morgan fingerprint density at radius 2 is 2.07 bits per heavy atom. The first-order valence-corrected chi connectivity index (χ1v) is 10.4. The molecule has 0 saturated carbocycles. The van der Waals surface area contributed by atoms with Gasteiger partial charge in [0.1, 0.15) is 5.82 Å². The quantitative estimate of drug-likeness (QED) is 0.763. The van der Waals surface area contributed by atoms with Gasteiger partial charge in [0, 0.05) is 51.0 Å². The number of rotatable bonds is 6. The Bertz CT molecular complexity index is 949. The molecule has 1 saturated heterocycles. The zero-order valence-electron chi connectivity index (χ0n) is 17.2. The molecule has 1 fully saturated rings. The van der Waals surface area contributed by atoms with Crippen molar-refractivity contribution in [2.45, 2.75) is 32.0 Å². The fourth-order valence-corrected chi connectivity index (χ4v) is 4.20. The maximum absolute atomic E-state index is 14.0. The molecular weight excluding hydrogens is 383 g/mol. The van der Waals surface area contributed by atoms with E-state index in [4.69, 9.17) is 0 Å². The molecule has 0 aromatic heterocycles. The summed E-state index contributed by atoms with van der Waals surface area (Å²) in [5.41, 5.74) is 4.12. The molecule has 2 amide bonds. The molecule has 30 heavy (non-hydrogen) atoms. The van der Waals surface area contributed by atoms with Gasteiger partial charge in [-0.2, -0.15) is 0 Å². The van der Waals surface area contributed by atoms with Gasteiger partial charge in [-0.25, -0.2) is 4.39 Å². The van der Waals surface area contributed by atoms with Gasteiger partial charge in [-0.15, -0.1) is 0 Å². The Morgan fingerprint density at radius 3 is 2.90 bits per heavy atom. The summed E-state index contributed by atoms with van der Waals surface area (Å²) in [7, 11) is 2.08. The first kappa shape index (κ1) is 20.3. The van der Waals surface area contributed by atoms with Crippen LogP contribution in [0.2, 0.25) is 0 Å². The maximum Gasteiger partial charge on any atom is 0.237 e. The van der Waals surface area contributed by atoms with E-state index in [0.29, 0.717) is 31.7 Å². The van der Waals surface area contributed by atoms with Crippen molar-refractivity contribution in [3.8, 4) is 0 Å². The summed E-state index contributed by atoms with van der Waals surface area (Å²) in [4.78, 5) is 29.1. The van der Waals surface area contributed by atoms with Gasteiger partial charge in [0.25, 0.3) is 0 Å². The molecule has 4 rings (SSSR count). The molecule has 2 aliphatic heterocycles. The zero-order valence-corrected chi connectivity index (χ0v) is 17.2. The highest BCUT2D eigenvalue weighted by molar-refractivity contribution is 5.88. The first-order valence-electron chi connectivity index (χ1n) is 10.4. The van der Waals surface area contributed by atoms with Gasteiger partial charge in [-0.1, -0.05) is 30.3 Å². The molecule has 2 heterocycles. The smallest absolute Gasteiger partial charge is 0.237 e. The minimum atomic E-state index is -0.605. The SMILES string of the molecule is CN1CCc2cc(CNC(=O)CC3C(=O)NCCN3Cc3ccccc3F)ccc21. The second-order valence-electron chi connectivity index (χ2n) is 7.98. The molecule has 2 aliphatic rings. The van der Waals surface area contributed by atoms with Crippen molar-refractivity contribution in [3.05, 3.63) is 65.0 Å². The Hall–Kier alpha value is -2.93. The van der Waals surface area contributed by atoms with E-state index < -0.39 is 6.04 Å². The summed E-state index contributed by atoms with van der Waals surface area (Å²) < 4.78 is 14.0. The zero-order chi connectivity index (χ0) is 21.1. The molecule has 2 aromatic rings. The number of halogens is 1. The van der Waals surface area contributed by atoms with Crippen LogP contribution in [0.1, 0.15) is 23.1 Å². The topological polar surface area (TPSA) is 64.7 Å². The van der Waals surface area contributed by atoms with Gasteiger partial charge in [-0.05, 0) is 29.7 Å². The monoisotopic (exact) mass is 410 g/mol. The van der Waals surface area contributed by atoms with Crippen LogP contribution < -0.4 is 15.5 Å². The third kappa shape index (κ3) is 4.46. The lowest BCUT2D eigenvalue weighted by molar-refractivity contribution is -0.134. The van der Waals surface area contributed by atoms with Gasteiger partial charge < -0.3 is 15.5 Å². The fourth-order valence-electron chi connectivity index (χ4n) is 4.20. The number of benzene rings is 2. The normalized spacial score (nSPS) is 18.8. The first-order chi connectivity index (χ1) is 14.5. The lowest BCUT2D eigenvalue weighted by atomic mass is 10.1. The average Bonchev–Trinajstić information content (AvgIpc) is 3.11. The Labute approximate surface area is 176 Å². The van der Waals surface area contributed by atoms with Crippen LogP contribution in [-0.2, 0) is 29.1 Å². The van der Waals surface area contributed by atoms with Crippen LogP contribution in [0.4, 0.5) is 10.1 Å². The standard InChI is InChI=1S/C23H27FN4O2/c1-27-10-8-17-12-16(6-7-20(17)27)14-26-22(29)13-21-23(30)25-9-11-28(21)15-18-4-2-3-5-19(18)24/h2-7,12,21H,8-11,13-15H2,1H3,(H,25,30)(H,26,29). The number of likely N-dealkylation sites (N-methyl/N-ethyl adjacent to an activating group) is 1. The molecule has 0 spiro atoms. The van der Waals surface area contributed by atoms with Crippen molar-refractivity contribution in [2.24, 2.45) is 0 Å². The molecule has 0 radical (unpaired) electrons. The van der Waals surface area contributed by atoms with Crippen LogP contribution in [0.15, 0.2) is 42.5 Å². The number of piperazine rings is 1. The molecule has 1 atom stereocenters. The van der Waals surface area contributed by atoms with Crippen LogP contribution in [0.5, 0.6) is 0 Å². The maximum atomic E-state index is 14.0. The minimum absolute atomic E-state index is 0.0496. The molecule has 7 heteroatoms. The van der Waals surface area contributed by atoms with Crippen LogP contribution in [-0.4, -0.2) is 49.4 Å². The number of nitrogens with one attached hydrogen (secondary N) is 2. The van der Waals surface area contributed by atoms with Crippen molar-refractivity contribution in [2.75, 3.05) is 31.6 Å². The molecule has 2 aromatic carbocycles. The summed E-state index contributed by atoms with van der Waals surface area (Å²) in [6, 6.07) is 12.2. The van der Waals surface area contributed by atoms with E-state index in [1.165, 1.54) is 17.3 Å². The summed E-state index contributed by atoms with van der Waals surface area (Å²) in [6.07, 6.45) is 1.06. The predicted octanol–water partition coefficient (Wildman–Crippen LogP) is 1.82. The number of anilines is 1. The van der Waals surface area contributed by atoms with Crippen molar-refractivity contribution < 1.29 is 14.0 Å². The second kappa shape index (κ2) is 8.83. The summed E-state index contributed by atoms with van der Waals surface area (Å²) in [5.74, 6) is -0.671. The van der Waals surface area contributed by atoms with E-state index in [-0.39, 0.29) is 24.1 Å². The molecule has 1 unspecified atom stereocenters. The Balaban J connectivity index is 1.37.